The molecule has 7 heteroatoms. The normalized spacial score (nSPS) is 16.1. The molecule has 114 valence electrons. The fourth-order valence-electron chi connectivity index (χ4n) is 1.50. The number of hydrogen-bond donors (Lipinski definition) is 1. The Hall–Kier alpha value is -0.430. The van der Waals surface area contributed by atoms with E-state index in [1.165, 1.54) is 12.1 Å². The van der Waals surface area contributed by atoms with E-state index in [9.17, 15) is 17.7 Å². The van der Waals surface area contributed by atoms with Crippen LogP contribution in [0.25, 0.3) is 0 Å². The van der Waals surface area contributed by atoms with Gasteiger partial charge >= 0.3 is 6.18 Å². The van der Waals surface area contributed by atoms with E-state index >= 15 is 0 Å². The monoisotopic (exact) mass is 327 g/mol. The lowest BCUT2D eigenvalue weighted by Gasteiger charge is -2.27. The highest BCUT2D eigenvalue weighted by molar-refractivity contribution is 7.90. The van der Waals surface area contributed by atoms with E-state index in [0.717, 1.165) is 6.07 Å². The smallest absolute Gasteiger partial charge is 0.417 e. The summed E-state index contributed by atoms with van der Waals surface area (Å²) < 4.78 is 52.6. The Morgan fingerprint density at radius 1 is 1.25 bits per heavy atom. The summed E-state index contributed by atoms with van der Waals surface area (Å²) in [6.07, 6.45) is -4.50. The summed E-state index contributed by atoms with van der Waals surface area (Å²) in [6, 6.07) is 3.17. The zero-order valence-electron chi connectivity index (χ0n) is 11.6. The van der Waals surface area contributed by atoms with Crippen LogP contribution in [-0.2, 0) is 17.5 Å². The molecule has 0 aliphatic rings. The Kier molecular flexibility index (Phi) is 5.40. The van der Waals surface area contributed by atoms with Crippen molar-refractivity contribution in [3.05, 3.63) is 34.3 Å². The van der Waals surface area contributed by atoms with E-state index in [1.807, 2.05) is 0 Å². The van der Waals surface area contributed by atoms with Crippen LogP contribution in [0.1, 0.15) is 44.9 Å². The third-order valence-corrected chi connectivity index (χ3v) is 4.74. The Labute approximate surface area is 125 Å². The number of hydrogen-bond acceptors (Lipinski definition) is 2. The molecular formula is C13H17ClF3NOS. The minimum absolute atomic E-state index is 0.277. The molecule has 0 aliphatic heterocycles. The molecule has 1 N–H and O–H groups in total. The minimum atomic E-state index is -4.50. The molecule has 1 aromatic rings. The van der Waals surface area contributed by atoms with Crippen LogP contribution in [0.2, 0.25) is 5.02 Å². The van der Waals surface area contributed by atoms with E-state index < -0.39 is 33.9 Å². The van der Waals surface area contributed by atoms with Crippen molar-refractivity contribution >= 4 is 23.0 Å². The zero-order valence-corrected chi connectivity index (χ0v) is 13.2. The molecule has 0 saturated heterocycles. The summed E-state index contributed by atoms with van der Waals surface area (Å²) >= 11 is 4.43. The maximum atomic E-state index is 12.8. The fraction of sp³-hybridized carbons (Fsp3) is 0.538. The van der Waals surface area contributed by atoms with Gasteiger partial charge in [0.1, 0.15) is 4.75 Å². The van der Waals surface area contributed by atoms with Gasteiger partial charge in [0.05, 0.1) is 16.6 Å². The molecule has 2 nitrogen and oxygen atoms in total. The standard InChI is InChI=1S/C13H17ClF3NOS/c1-8(18-20(19)12(2,3)4)9-6-5-7-10(11(9)14)13(15,16)17/h5-8,18H,1-4H3/t8-,20?/m1/s1. The summed E-state index contributed by atoms with van der Waals surface area (Å²) in [6.45, 7) is 6.95. The molecule has 0 heterocycles. The highest BCUT2D eigenvalue weighted by Crippen LogP contribution is 2.38. The third kappa shape index (κ3) is 4.28. The Morgan fingerprint density at radius 2 is 1.80 bits per heavy atom. The van der Waals surface area contributed by atoms with E-state index in [1.54, 1.807) is 27.7 Å². The number of nitrogens with one attached hydrogen (secondary N) is 1. The summed E-state index contributed by atoms with van der Waals surface area (Å²) in [7, 11) is 0. The highest BCUT2D eigenvalue weighted by atomic mass is 35.5. The first-order chi connectivity index (χ1) is 8.94. The molecule has 0 aliphatic carbocycles. The van der Waals surface area contributed by atoms with Gasteiger partial charge in [0.25, 0.3) is 0 Å². The van der Waals surface area contributed by atoms with Crippen molar-refractivity contribution in [3.63, 3.8) is 0 Å². The lowest BCUT2D eigenvalue weighted by Crippen LogP contribution is -2.40. The molecule has 0 radical (unpaired) electrons. The Balaban J connectivity index is 3.03. The molecule has 1 aromatic carbocycles. The van der Waals surface area contributed by atoms with Crippen molar-refractivity contribution in [2.45, 2.75) is 44.7 Å². The van der Waals surface area contributed by atoms with Crippen molar-refractivity contribution in [3.8, 4) is 0 Å². The van der Waals surface area contributed by atoms with Gasteiger partial charge in [0.2, 0.25) is 0 Å². The molecule has 0 amide bonds. The molecule has 1 rings (SSSR count). The first-order valence-electron chi connectivity index (χ1n) is 5.98. The summed E-state index contributed by atoms with van der Waals surface area (Å²) in [5.74, 6) is 0. The quantitative estimate of drug-likeness (QED) is 0.831. The SMILES string of the molecule is C[C@@H](N[S+]([O-])C(C)(C)C)c1cccc(C(F)(F)F)c1Cl. The summed E-state index contributed by atoms with van der Waals surface area (Å²) in [4.78, 5) is 0. The van der Waals surface area contributed by atoms with E-state index in [-0.39, 0.29) is 10.6 Å². The van der Waals surface area contributed by atoms with Gasteiger partial charge in [-0.25, -0.2) is 0 Å². The number of alkyl halides is 3. The van der Waals surface area contributed by atoms with Gasteiger partial charge in [0.15, 0.2) is 0 Å². The molecule has 20 heavy (non-hydrogen) atoms. The Bertz CT molecular complexity index is 474. The van der Waals surface area contributed by atoms with Crippen LogP contribution in [0.3, 0.4) is 0 Å². The van der Waals surface area contributed by atoms with Crippen LogP contribution in [-0.4, -0.2) is 9.30 Å². The van der Waals surface area contributed by atoms with Crippen LogP contribution >= 0.6 is 11.6 Å². The topological polar surface area (TPSA) is 35.1 Å². The first kappa shape index (κ1) is 17.6. The number of rotatable bonds is 3. The summed E-state index contributed by atoms with van der Waals surface area (Å²) in [5, 5.41) is -0.356. The van der Waals surface area contributed by atoms with E-state index in [0.29, 0.717) is 0 Å². The first-order valence-corrected chi connectivity index (χ1v) is 7.51. The molecule has 0 bridgehead atoms. The fourth-order valence-corrected chi connectivity index (χ4v) is 2.70. The van der Waals surface area contributed by atoms with Crippen LogP contribution < -0.4 is 4.72 Å². The van der Waals surface area contributed by atoms with Gasteiger partial charge in [-0.15, -0.1) is 4.72 Å². The van der Waals surface area contributed by atoms with E-state index in [4.69, 9.17) is 11.6 Å². The second kappa shape index (κ2) is 6.13. The minimum Gasteiger partial charge on any atom is -0.598 e. The van der Waals surface area contributed by atoms with Crippen molar-refractivity contribution in [2.24, 2.45) is 0 Å². The molecule has 2 atom stereocenters. The van der Waals surface area contributed by atoms with Crippen LogP contribution in [0, 0.1) is 0 Å². The Morgan fingerprint density at radius 3 is 2.25 bits per heavy atom. The number of benzene rings is 1. The summed E-state index contributed by atoms with van der Waals surface area (Å²) in [5.41, 5.74) is -0.606. The average molecular weight is 328 g/mol. The third-order valence-electron chi connectivity index (χ3n) is 2.64. The molecule has 0 spiro atoms. The lowest BCUT2D eigenvalue weighted by molar-refractivity contribution is -0.137. The van der Waals surface area contributed by atoms with Gasteiger partial charge in [-0.2, -0.15) is 13.2 Å². The van der Waals surface area contributed by atoms with Crippen LogP contribution in [0.15, 0.2) is 18.2 Å². The second-order valence-corrected chi connectivity index (χ2v) is 7.80. The molecule has 1 unspecified atom stereocenters. The van der Waals surface area contributed by atoms with Gasteiger partial charge in [-0.3, -0.25) is 0 Å². The molecular weight excluding hydrogens is 311 g/mol. The lowest BCUT2D eigenvalue weighted by atomic mass is 10.1. The van der Waals surface area contributed by atoms with Crippen LogP contribution in [0.4, 0.5) is 13.2 Å². The largest absolute Gasteiger partial charge is 0.598 e. The zero-order chi connectivity index (χ0) is 15.7. The maximum absolute atomic E-state index is 12.8. The van der Waals surface area contributed by atoms with Gasteiger partial charge in [0, 0.05) is 11.4 Å². The second-order valence-electron chi connectivity index (χ2n) is 5.43. The predicted molar refractivity (Wildman–Crippen MR) is 75.9 cm³/mol. The number of halogens is 4. The van der Waals surface area contributed by atoms with Gasteiger partial charge in [-0.05, 0) is 39.3 Å². The average Bonchev–Trinajstić information content (AvgIpc) is 2.26. The van der Waals surface area contributed by atoms with Gasteiger partial charge in [-0.1, -0.05) is 23.7 Å². The highest BCUT2D eigenvalue weighted by Gasteiger charge is 2.35. The van der Waals surface area contributed by atoms with Gasteiger partial charge < -0.3 is 4.55 Å². The molecule has 0 aromatic heterocycles. The predicted octanol–water partition coefficient (Wildman–Crippen LogP) is 4.47. The van der Waals surface area contributed by atoms with Crippen molar-refractivity contribution in [1.82, 2.24) is 4.72 Å². The van der Waals surface area contributed by atoms with Crippen molar-refractivity contribution < 1.29 is 17.7 Å². The van der Waals surface area contributed by atoms with Crippen molar-refractivity contribution in [1.29, 1.82) is 0 Å². The molecule has 0 saturated carbocycles. The van der Waals surface area contributed by atoms with Crippen molar-refractivity contribution in [2.75, 3.05) is 0 Å². The van der Waals surface area contributed by atoms with E-state index in [2.05, 4.69) is 4.72 Å². The maximum Gasteiger partial charge on any atom is 0.417 e. The van der Waals surface area contributed by atoms with Crippen LogP contribution in [0.5, 0.6) is 0 Å². The molecule has 0 fully saturated rings.